The molecule has 0 atom stereocenters. The third kappa shape index (κ3) is 16.6. The van der Waals surface area contributed by atoms with Gasteiger partial charge in [0, 0.05) is 21.1 Å². The van der Waals surface area contributed by atoms with Gasteiger partial charge in [0.05, 0.1) is 0 Å². The van der Waals surface area contributed by atoms with Crippen LogP contribution in [0.2, 0.25) is 0 Å². The fraction of sp³-hybridized carbons (Fsp3) is 0.800. The van der Waals surface area contributed by atoms with Gasteiger partial charge in [0.2, 0.25) is 0 Å². The number of fused-ring (bicyclic) bond motifs is 4. The van der Waals surface area contributed by atoms with Crippen LogP contribution in [0.25, 0.3) is 0 Å². The van der Waals surface area contributed by atoms with Crippen molar-refractivity contribution in [1.29, 1.82) is 0 Å². The van der Waals surface area contributed by atoms with Gasteiger partial charge in [-0.1, -0.05) is 279 Å². The molecule has 11 rings (SSSR count). The molecule has 0 aliphatic heterocycles. The second-order valence-electron chi connectivity index (χ2n) is 35.3. The zero-order chi connectivity index (χ0) is 61.7. The van der Waals surface area contributed by atoms with Crippen LogP contribution in [0, 0.1) is 65.5 Å². The maximum absolute atomic E-state index is 2.41. The van der Waals surface area contributed by atoms with Gasteiger partial charge in [-0.3, -0.25) is 0 Å². The van der Waals surface area contributed by atoms with E-state index >= 15 is 0 Å². The molecule has 0 aromatic heterocycles. The fourth-order valence-electron chi connectivity index (χ4n) is 15.8. The van der Waals surface area contributed by atoms with Gasteiger partial charge in [-0.25, -0.2) is 0 Å². The van der Waals surface area contributed by atoms with Crippen LogP contribution in [-0.4, -0.2) is 0 Å². The molecule has 1 heteroatoms. The van der Waals surface area contributed by atoms with E-state index < -0.39 is 0 Å². The molecule has 11 aliphatic carbocycles. The first-order chi connectivity index (χ1) is 36.5. The van der Waals surface area contributed by atoms with Gasteiger partial charge < -0.3 is 0 Å². The summed E-state index contributed by atoms with van der Waals surface area (Å²) in [5.74, 6) is 0.856. The van der Waals surface area contributed by atoms with Gasteiger partial charge >= 0.3 is 0 Å². The predicted molar refractivity (Wildman–Crippen MR) is 361 cm³/mol. The van der Waals surface area contributed by atoms with E-state index in [2.05, 4.69) is 173 Å². The number of rotatable bonds is 0. The van der Waals surface area contributed by atoms with E-state index in [9.17, 15) is 0 Å². The first-order valence-electron chi connectivity index (χ1n) is 34.3. The van der Waals surface area contributed by atoms with E-state index in [1.54, 1.807) is 89.2 Å². The van der Waals surface area contributed by atoms with Crippen molar-refractivity contribution in [2.45, 2.75) is 350 Å². The van der Waals surface area contributed by atoms with Crippen molar-refractivity contribution in [3.8, 4) is 0 Å². The van der Waals surface area contributed by atoms with Crippen LogP contribution in [0.4, 0.5) is 0 Å². The van der Waals surface area contributed by atoms with Gasteiger partial charge in [0.1, 0.15) is 0 Å². The first-order valence-corrected chi connectivity index (χ1v) is 34.3. The molecule has 0 nitrogen and oxygen atoms in total. The Balaban J connectivity index is 0.000000271. The van der Waals surface area contributed by atoms with Gasteiger partial charge in [0.25, 0.3) is 0 Å². The molecule has 11 aliphatic rings. The number of hydrogen-bond donors (Lipinski definition) is 0. The van der Waals surface area contributed by atoms with Crippen molar-refractivity contribution in [2.75, 3.05) is 0 Å². The molecule has 0 N–H and O–H groups in total. The molecule has 0 saturated heterocycles. The molecule has 0 amide bonds. The first kappa shape index (κ1) is 73.9. The van der Waals surface area contributed by atoms with Crippen molar-refractivity contribution in [3.05, 3.63) is 89.2 Å². The quantitative estimate of drug-likeness (QED) is 0.227. The Labute approximate surface area is 522 Å². The van der Waals surface area contributed by atoms with Crippen molar-refractivity contribution < 1.29 is 21.1 Å². The Morgan fingerprint density at radius 1 is 0.247 bits per heavy atom. The third-order valence-corrected chi connectivity index (χ3v) is 20.8. The molecule has 0 aromatic carbocycles. The van der Waals surface area contributed by atoms with Gasteiger partial charge in [-0.2, -0.15) is 0 Å². The summed E-state index contributed by atoms with van der Waals surface area (Å²) < 4.78 is 0. The Hall–Kier alpha value is -1.39. The van der Waals surface area contributed by atoms with E-state index in [-0.39, 0.29) is 21.1 Å². The summed E-state index contributed by atoms with van der Waals surface area (Å²) in [4.78, 5) is 0. The van der Waals surface area contributed by atoms with Crippen molar-refractivity contribution in [2.24, 2.45) is 65.5 Å². The monoisotopic (exact) mass is 1280 g/mol. The molecule has 0 unspecified atom stereocenters. The van der Waals surface area contributed by atoms with E-state index in [0.29, 0.717) is 48.7 Å². The van der Waals surface area contributed by atoms with Crippen LogP contribution in [0.1, 0.15) is 350 Å². The van der Waals surface area contributed by atoms with Crippen LogP contribution in [0.5, 0.6) is 0 Å². The molecular formula is C80H138W. The second kappa shape index (κ2) is 26.1. The summed E-state index contributed by atoms with van der Waals surface area (Å²) in [5.41, 5.74) is 33.1. The Bertz CT molecular complexity index is 2230. The Kier molecular flexibility index (Phi) is 23.8. The van der Waals surface area contributed by atoms with Crippen LogP contribution >= 0.6 is 0 Å². The molecule has 7 fully saturated rings. The molecule has 3 spiro atoms. The summed E-state index contributed by atoms with van der Waals surface area (Å²) in [6.45, 7) is 75.9. The standard InChI is InChI=1S/C19H30.2C18H28.C17H28.4C2H6.W/c1-17(2,3)15-10-16(18(4,5)6)14-12-19(8-7-9-19)11-13(14)15;2*1-16(2,3)14-9-15(17(4,5)6)13-11-18(7-8-18)10-12(13)14;1-11-8-12-13(9-11)15(17(5,6)7)10-14(12)16(2,3)4;4*1-2;/h7-12H2,1-6H3;2*7-11H2,1-6H3;11H,8-10H2,1-7H3;4*1-2H3;. The van der Waals surface area contributed by atoms with Gasteiger partial charge in [0.15, 0.2) is 0 Å². The second-order valence-corrected chi connectivity index (χ2v) is 35.3. The topological polar surface area (TPSA) is 0 Å². The molecule has 0 radical (unpaired) electrons. The largest absolute Gasteiger partial charge is 0.0683 e. The SMILES string of the molecule is CC.CC.CC.CC.CC(C)(C)C1=C2CC3(CC3)CC2=C(C(C)(C)C)C1.CC(C)(C)C1=C2CC3(CC3)CC2=C(C(C)(C)C)C1.CC(C)(C)C1=C2CC3(CCC3)CC2=C(C(C)(C)C)C1.CC1CC2=C(C(C)(C)C)CC(C(C)(C)C)=C2C1.[W]. The molecule has 464 valence electrons. The van der Waals surface area contributed by atoms with Crippen LogP contribution in [-0.2, 0) is 21.1 Å². The maximum Gasteiger partial charge on any atom is 0 e. The zero-order valence-electron chi connectivity index (χ0n) is 60.9. The van der Waals surface area contributed by atoms with E-state index in [1.165, 1.54) is 122 Å². The van der Waals surface area contributed by atoms with Crippen molar-refractivity contribution in [1.82, 2.24) is 0 Å². The van der Waals surface area contributed by atoms with Crippen LogP contribution < -0.4 is 0 Å². The fourth-order valence-corrected chi connectivity index (χ4v) is 15.8. The average Bonchev–Trinajstić information content (AvgIpc) is 3.69. The molecular weight excluding hydrogens is 1140 g/mol. The summed E-state index contributed by atoms with van der Waals surface area (Å²) in [7, 11) is 0. The van der Waals surface area contributed by atoms with Crippen LogP contribution in [0.15, 0.2) is 89.2 Å². The van der Waals surface area contributed by atoms with Crippen molar-refractivity contribution in [3.63, 3.8) is 0 Å². The molecule has 0 bridgehead atoms. The number of allylic oxidation sites excluding steroid dienone is 16. The summed E-state index contributed by atoms with van der Waals surface area (Å²) >= 11 is 0. The van der Waals surface area contributed by atoms with E-state index in [4.69, 9.17) is 0 Å². The minimum atomic E-state index is 0. The van der Waals surface area contributed by atoms with Crippen LogP contribution in [0.3, 0.4) is 0 Å². The smallest absolute Gasteiger partial charge is 0 e. The predicted octanol–water partition coefficient (Wildman–Crippen LogP) is 26.9. The Morgan fingerprint density at radius 3 is 0.519 bits per heavy atom. The Morgan fingerprint density at radius 2 is 0.395 bits per heavy atom. The summed E-state index contributed by atoms with van der Waals surface area (Å²) in [5, 5.41) is 0. The summed E-state index contributed by atoms with van der Waals surface area (Å²) in [6, 6.07) is 0. The summed E-state index contributed by atoms with van der Waals surface area (Å²) in [6.07, 6.45) is 26.4. The molecule has 7 saturated carbocycles. The minimum Gasteiger partial charge on any atom is -0.0683 e. The molecule has 0 heterocycles. The minimum absolute atomic E-state index is 0. The van der Waals surface area contributed by atoms with Gasteiger partial charge in [-0.05, 0) is 226 Å². The van der Waals surface area contributed by atoms with Crippen molar-refractivity contribution >= 4 is 0 Å². The molecule has 81 heavy (non-hydrogen) atoms. The third-order valence-electron chi connectivity index (χ3n) is 20.8. The number of hydrogen-bond acceptors (Lipinski definition) is 0. The zero-order valence-corrected chi connectivity index (χ0v) is 63.9. The van der Waals surface area contributed by atoms with E-state index in [0.717, 1.165) is 16.7 Å². The normalized spacial score (nSPS) is 22.9. The maximum atomic E-state index is 2.41. The average molecular weight is 1280 g/mol. The van der Waals surface area contributed by atoms with Gasteiger partial charge in [-0.15, -0.1) is 0 Å². The van der Waals surface area contributed by atoms with E-state index in [1.807, 2.05) is 55.4 Å². The molecule has 0 aromatic rings.